The van der Waals surface area contributed by atoms with Crippen molar-refractivity contribution < 1.29 is 9.53 Å². The number of nitrogens with one attached hydrogen (secondary N) is 1. The second-order valence-electron chi connectivity index (χ2n) is 5.26. The number of nitrogens with two attached hydrogens (primary N) is 1. The van der Waals surface area contributed by atoms with Crippen LogP contribution in [0.4, 0.5) is 5.69 Å². The highest BCUT2D eigenvalue weighted by atomic mass is 16.5. The van der Waals surface area contributed by atoms with Crippen LogP contribution < -0.4 is 15.8 Å². The van der Waals surface area contributed by atoms with Crippen molar-refractivity contribution in [3.05, 3.63) is 23.8 Å². The highest BCUT2D eigenvalue weighted by Gasteiger charge is 2.26. The highest BCUT2D eigenvalue weighted by Crippen LogP contribution is 2.26. The zero-order valence-corrected chi connectivity index (χ0v) is 12.2. The zero-order valence-electron chi connectivity index (χ0n) is 12.2. The number of hydrogen-bond acceptors (Lipinski definition) is 3. The van der Waals surface area contributed by atoms with Crippen molar-refractivity contribution in [2.24, 2.45) is 11.1 Å². The van der Waals surface area contributed by atoms with Gasteiger partial charge in [0.25, 0.3) is 0 Å². The maximum atomic E-state index is 12.2. The summed E-state index contributed by atoms with van der Waals surface area (Å²) in [6.07, 6.45) is 1.52. The van der Waals surface area contributed by atoms with E-state index in [0.29, 0.717) is 13.0 Å². The topological polar surface area (TPSA) is 64.4 Å². The fourth-order valence-corrected chi connectivity index (χ4v) is 1.91. The number of aryl methyl sites for hydroxylation is 1. The van der Waals surface area contributed by atoms with Crippen LogP contribution in [0.25, 0.3) is 0 Å². The lowest BCUT2D eigenvalue weighted by atomic mass is 9.88. The van der Waals surface area contributed by atoms with Gasteiger partial charge in [-0.05, 0) is 43.1 Å². The molecule has 0 atom stereocenters. The molecule has 1 aromatic carbocycles. The van der Waals surface area contributed by atoms with Gasteiger partial charge in [0.2, 0.25) is 5.91 Å². The van der Waals surface area contributed by atoms with Crippen LogP contribution in [0, 0.1) is 5.41 Å². The van der Waals surface area contributed by atoms with Crippen LogP contribution >= 0.6 is 0 Å². The molecule has 19 heavy (non-hydrogen) atoms. The summed E-state index contributed by atoms with van der Waals surface area (Å²) in [6, 6.07) is 5.69. The van der Waals surface area contributed by atoms with Crippen molar-refractivity contribution in [3.63, 3.8) is 0 Å². The first kappa shape index (κ1) is 15.5. The summed E-state index contributed by atoms with van der Waals surface area (Å²) in [6.45, 7) is 6.37. The van der Waals surface area contributed by atoms with E-state index < -0.39 is 5.41 Å². The van der Waals surface area contributed by atoms with Crippen LogP contribution in [-0.4, -0.2) is 19.6 Å². The minimum atomic E-state index is -0.457. The Morgan fingerprint density at radius 1 is 1.42 bits per heavy atom. The number of methoxy groups -OCH3 is 1. The summed E-state index contributed by atoms with van der Waals surface area (Å²) in [7, 11) is 1.65. The van der Waals surface area contributed by atoms with Crippen molar-refractivity contribution >= 4 is 11.6 Å². The van der Waals surface area contributed by atoms with Crippen molar-refractivity contribution in [1.82, 2.24) is 0 Å². The fraction of sp³-hybridized carbons (Fsp3) is 0.533. The van der Waals surface area contributed by atoms with Gasteiger partial charge in [0.15, 0.2) is 0 Å². The van der Waals surface area contributed by atoms with Crippen LogP contribution in [0.3, 0.4) is 0 Å². The second kappa shape index (κ2) is 6.57. The van der Waals surface area contributed by atoms with E-state index in [2.05, 4.69) is 12.2 Å². The summed E-state index contributed by atoms with van der Waals surface area (Å²) in [4.78, 5) is 12.2. The molecule has 1 rings (SSSR count). The number of amides is 1. The number of carbonyl (C=O) groups excluding carboxylic acids is 1. The Labute approximate surface area is 115 Å². The van der Waals surface area contributed by atoms with Gasteiger partial charge in [0.1, 0.15) is 5.75 Å². The molecule has 1 aromatic rings. The quantitative estimate of drug-likeness (QED) is 0.830. The number of rotatable bonds is 6. The van der Waals surface area contributed by atoms with E-state index in [4.69, 9.17) is 10.5 Å². The predicted octanol–water partition coefficient (Wildman–Crippen LogP) is 2.57. The fourth-order valence-electron chi connectivity index (χ4n) is 1.91. The molecule has 0 aliphatic rings. The Balaban J connectivity index is 2.85. The van der Waals surface area contributed by atoms with E-state index in [1.165, 1.54) is 0 Å². The molecule has 3 N–H and O–H groups in total. The molecule has 0 unspecified atom stereocenters. The molecule has 0 aromatic heterocycles. The van der Waals surface area contributed by atoms with Gasteiger partial charge >= 0.3 is 0 Å². The number of hydrogen-bond donors (Lipinski definition) is 2. The van der Waals surface area contributed by atoms with Crippen molar-refractivity contribution in [3.8, 4) is 5.75 Å². The summed E-state index contributed by atoms with van der Waals surface area (Å²) >= 11 is 0. The maximum absolute atomic E-state index is 12.2. The summed E-state index contributed by atoms with van der Waals surface area (Å²) in [5.74, 6) is 0.840. The minimum Gasteiger partial charge on any atom is -0.496 e. The summed E-state index contributed by atoms with van der Waals surface area (Å²) in [5, 5.41) is 2.94. The Morgan fingerprint density at radius 2 is 2.11 bits per heavy atom. The zero-order chi connectivity index (χ0) is 14.5. The lowest BCUT2D eigenvalue weighted by molar-refractivity contribution is -0.124. The van der Waals surface area contributed by atoms with Gasteiger partial charge in [-0.25, -0.2) is 0 Å². The monoisotopic (exact) mass is 264 g/mol. The van der Waals surface area contributed by atoms with Gasteiger partial charge in [-0.1, -0.05) is 20.8 Å². The first-order chi connectivity index (χ1) is 8.94. The maximum Gasteiger partial charge on any atom is 0.230 e. The summed E-state index contributed by atoms with van der Waals surface area (Å²) < 4.78 is 5.27. The molecule has 0 aliphatic heterocycles. The lowest BCUT2D eigenvalue weighted by Gasteiger charge is -2.23. The first-order valence-electron chi connectivity index (χ1n) is 6.63. The molecule has 0 saturated heterocycles. The average Bonchev–Trinajstić information content (AvgIpc) is 2.38. The molecule has 0 bridgehead atoms. The SMILES string of the molecule is CCc1cc(NC(=O)C(C)(C)CCN)ccc1OC. The van der Waals surface area contributed by atoms with Crippen LogP contribution in [0.1, 0.15) is 32.8 Å². The van der Waals surface area contributed by atoms with Gasteiger partial charge in [0, 0.05) is 11.1 Å². The van der Waals surface area contributed by atoms with E-state index in [9.17, 15) is 4.79 Å². The predicted molar refractivity (Wildman–Crippen MR) is 78.5 cm³/mol. The van der Waals surface area contributed by atoms with E-state index in [-0.39, 0.29) is 5.91 Å². The van der Waals surface area contributed by atoms with Crippen molar-refractivity contribution in [2.45, 2.75) is 33.6 Å². The van der Waals surface area contributed by atoms with Gasteiger partial charge in [-0.15, -0.1) is 0 Å². The molecule has 4 heteroatoms. The molecule has 106 valence electrons. The average molecular weight is 264 g/mol. The number of carbonyl (C=O) groups is 1. The third-order valence-electron chi connectivity index (χ3n) is 3.30. The standard InChI is InChI=1S/C15H24N2O2/c1-5-11-10-12(6-7-13(11)19-4)17-14(18)15(2,3)8-9-16/h6-7,10H,5,8-9,16H2,1-4H3,(H,17,18). The van der Waals surface area contributed by atoms with Gasteiger partial charge in [-0.3, -0.25) is 4.79 Å². The number of ether oxygens (including phenoxy) is 1. The molecule has 0 saturated carbocycles. The number of anilines is 1. The first-order valence-corrected chi connectivity index (χ1v) is 6.63. The Morgan fingerprint density at radius 3 is 2.63 bits per heavy atom. The Kier molecular flexibility index (Phi) is 5.36. The Bertz CT molecular complexity index is 442. The van der Waals surface area contributed by atoms with E-state index >= 15 is 0 Å². The molecular weight excluding hydrogens is 240 g/mol. The van der Waals surface area contributed by atoms with Crippen LogP contribution in [-0.2, 0) is 11.2 Å². The van der Waals surface area contributed by atoms with Gasteiger partial charge in [-0.2, -0.15) is 0 Å². The third kappa shape index (κ3) is 3.96. The smallest absolute Gasteiger partial charge is 0.230 e. The van der Waals surface area contributed by atoms with Crippen molar-refractivity contribution in [1.29, 1.82) is 0 Å². The number of benzene rings is 1. The second-order valence-corrected chi connectivity index (χ2v) is 5.26. The van der Waals surface area contributed by atoms with E-state index in [0.717, 1.165) is 23.4 Å². The molecule has 1 amide bonds. The molecule has 0 heterocycles. The normalized spacial score (nSPS) is 11.2. The van der Waals surface area contributed by atoms with Crippen LogP contribution in [0.2, 0.25) is 0 Å². The minimum absolute atomic E-state index is 0.00910. The van der Waals surface area contributed by atoms with Crippen molar-refractivity contribution in [2.75, 3.05) is 19.0 Å². The van der Waals surface area contributed by atoms with E-state index in [1.54, 1.807) is 7.11 Å². The lowest BCUT2D eigenvalue weighted by Crippen LogP contribution is -2.32. The summed E-state index contributed by atoms with van der Waals surface area (Å²) in [5.41, 5.74) is 6.95. The molecule has 4 nitrogen and oxygen atoms in total. The van der Waals surface area contributed by atoms with Gasteiger partial charge < -0.3 is 15.8 Å². The highest BCUT2D eigenvalue weighted by molar-refractivity contribution is 5.94. The molecule has 0 radical (unpaired) electrons. The Hall–Kier alpha value is -1.55. The molecule has 0 fully saturated rings. The third-order valence-corrected chi connectivity index (χ3v) is 3.30. The van der Waals surface area contributed by atoms with E-state index in [1.807, 2.05) is 32.0 Å². The van der Waals surface area contributed by atoms with Crippen LogP contribution in [0.5, 0.6) is 5.75 Å². The molecule has 0 spiro atoms. The molecular formula is C15H24N2O2. The largest absolute Gasteiger partial charge is 0.496 e. The molecule has 0 aliphatic carbocycles. The van der Waals surface area contributed by atoms with Crippen LogP contribution in [0.15, 0.2) is 18.2 Å². The van der Waals surface area contributed by atoms with Gasteiger partial charge in [0.05, 0.1) is 7.11 Å².